The highest BCUT2D eigenvalue weighted by molar-refractivity contribution is 5.88. The van der Waals surface area contributed by atoms with E-state index in [9.17, 15) is 9.59 Å². The number of benzene rings is 1. The van der Waals surface area contributed by atoms with Crippen LogP contribution in [0.1, 0.15) is 5.56 Å². The van der Waals surface area contributed by atoms with E-state index in [1.165, 1.54) is 10.1 Å². The van der Waals surface area contributed by atoms with Gasteiger partial charge in [0.1, 0.15) is 5.82 Å². The summed E-state index contributed by atoms with van der Waals surface area (Å²) in [5.41, 5.74) is 7.57. The normalized spacial score (nSPS) is 25.3. The number of amides is 2. The molecule has 0 spiro atoms. The van der Waals surface area contributed by atoms with Crippen LogP contribution in [0.5, 0.6) is 0 Å². The lowest BCUT2D eigenvalue weighted by molar-refractivity contribution is 0.204. The van der Waals surface area contributed by atoms with E-state index >= 15 is 0 Å². The Morgan fingerprint density at radius 2 is 1.97 bits per heavy atom. The second-order valence-electron chi connectivity index (χ2n) is 8.72. The molecule has 2 aliphatic heterocycles. The smallest absolute Gasteiger partial charge is 0.327 e. The van der Waals surface area contributed by atoms with Crippen molar-refractivity contribution in [1.82, 2.24) is 24.7 Å². The zero-order valence-corrected chi connectivity index (χ0v) is 17.5. The third-order valence-corrected chi connectivity index (χ3v) is 6.68. The van der Waals surface area contributed by atoms with Gasteiger partial charge in [-0.1, -0.05) is 12.1 Å². The van der Waals surface area contributed by atoms with Gasteiger partial charge >= 0.3 is 11.7 Å². The van der Waals surface area contributed by atoms with Gasteiger partial charge in [0.2, 0.25) is 0 Å². The van der Waals surface area contributed by atoms with E-state index in [-0.39, 0.29) is 11.8 Å². The molecule has 1 aromatic carbocycles. The van der Waals surface area contributed by atoms with Gasteiger partial charge in [0.15, 0.2) is 0 Å². The number of hydrogen-bond donors (Lipinski definition) is 3. The van der Waals surface area contributed by atoms with Crippen LogP contribution in [0.2, 0.25) is 0 Å². The number of nitrogens with one attached hydrogen (secondary N) is 2. The summed E-state index contributed by atoms with van der Waals surface area (Å²) in [6.45, 7) is 6.04. The second kappa shape index (κ2) is 8.41. The number of carbonyl (C=O) groups excluding carboxylic acids is 1. The fourth-order valence-corrected chi connectivity index (χ4v) is 4.72. The molecule has 2 amide bonds. The first-order valence-electron chi connectivity index (χ1n) is 11.0. The van der Waals surface area contributed by atoms with Crippen molar-refractivity contribution in [3.05, 3.63) is 52.6 Å². The molecule has 31 heavy (non-hydrogen) atoms. The Hall–Kier alpha value is -2.75. The Labute approximate surface area is 181 Å². The van der Waals surface area contributed by atoms with Gasteiger partial charge < -0.3 is 20.9 Å². The highest BCUT2D eigenvalue weighted by Gasteiger charge is 2.53. The van der Waals surface area contributed by atoms with Crippen molar-refractivity contribution < 1.29 is 4.79 Å². The molecule has 4 N–H and O–H groups in total. The molecule has 1 unspecified atom stereocenters. The van der Waals surface area contributed by atoms with Gasteiger partial charge in [-0.25, -0.2) is 9.59 Å². The number of rotatable bonds is 5. The zero-order valence-electron chi connectivity index (χ0n) is 17.5. The average Bonchev–Trinajstić information content (AvgIpc) is 3.19. The van der Waals surface area contributed by atoms with E-state index in [0.717, 1.165) is 44.8 Å². The van der Waals surface area contributed by atoms with Gasteiger partial charge in [-0.3, -0.25) is 9.88 Å². The van der Waals surface area contributed by atoms with Crippen LogP contribution >= 0.6 is 0 Å². The van der Waals surface area contributed by atoms with Gasteiger partial charge in [-0.15, -0.1) is 0 Å². The van der Waals surface area contributed by atoms with Crippen molar-refractivity contribution in [3.63, 3.8) is 0 Å². The maximum atomic E-state index is 12.6. The molecule has 2 aromatic rings. The molecule has 3 fully saturated rings. The molecule has 5 rings (SSSR count). The van der Waals surface area contributed by atoms with Crippen LogP contribution in [-0.2, 0) is 6.42 Å². The predicted octanol–water partition coefficient (Wildman–Crippen LogP) is 0.101. The first kappa shape index (κ1) is 20.2. The average molecular weight is 424 g/mol. The number of likely N-dealkylation sites (tertiary alicyclic amines) is 1. The van der Waals surface area contributed by atoms with E-state index in [1.54, 1.807) is 17.2 Å². The number of piperazine rings is 1. The molecule has 9 nitrogen and oxygen atoms in total. The Morgan fingerprint density at radius 1 is 1.19 bits per heavy atom. The number of fused-ring (bicyclic) bond motifs is 1. The van der Waals surface area contributed by atoms with E-state index in [1.807, 2.05) is 18.2 Å². The summed E-state index contributed by atoms with van der Waals surface area (Å²) in [5, 5.41) is 5.93. The minimum Gasteiger partial charge on any atom is -0.327 e. The molecule has 3 heterocycles. The summed E-state index contributed by atoms with van der Waals surface area (Å²) in [7, 11) is 0. The summed E-state index contributed by atoms with van der Waals surface area (Å²) < 4.78 is 1.51. The monoisotopic (exact) mass is 423 g/mol. The molecule has 1 aliphatic carbocycles. The number of urea groups is 1. The lowest BCUT2D eigenvalue weighted by Gasteiger charge is -2.27. The number of hydrogen-bond acceptors (Lipinski definition) is 6. The number of piperidine rings is 1. The van der Waals surface area contributed by atoms with Crippen LogP contribution in [0.25, 0.3) is 5.69 Å². The maximum absolute atomic E-state index is 12.6. The van der Waals surface area contributed by atoms with E-state index < -0.39 is 5.69 Å². The highest BCUT2D eigenvalue weighted by atomic mass is 16.2. The molecular weight excluding hydrogens is 394 g/mol. The number of aromatic nitrogens is 2. The second-order valence-corrected chi connectivity index (χ2v) is 8.72. The first-order valence-corrected chi connectivity index (χ1v) is 11.0. The molecular formula is C22H29N7O2. The molecule has 3 aliphatic rings. The van der Waals surface area contributed by atoms with Crippen molar-refractivity contribution in [3.8, 4) is 5.69 Å². The summed E-state index contributed by atoms with van der Waals surface area (Å²) in [6, 6.07) is 9.84. The SMILES string of the molecule is NC1[C@H]2CN(CCc3cccc(-n4ccc(NC(=O)N5CCNCC5)nc4=O)c3)C[C@@H]12. The lowest BCUT2D eigenvalue weighted by atomic mass is 10.1. The minimum absolute atomic E-state index is 0.228. The van der Waals surface area contributed by atoms with Crippen LogP contribution in [0.15, 0.2) is 41.3 Å². The fourth-order valence-electron chi connectivity index (χ4n) is 4.72. The van der Waals surface area contributed by atoms with Crippen LogP contribution in [0.3, 0.4) is 0 Å². The van der Waals surface area contributed by atoms with Gasteiger partial charge in [0, 0.05) is 58.1 Å². The van der Waals surface area contributed by atoms with Crippen LogP contribution < -0.4 is 22.1 Å². The molecule has 0 radical (unpaired) electrons. The quantitative estimate of drug-likeness (QED) is 0.630. The third kappa shape index (κ3) is 4.34. The van der Waals surface area contributed by atoms with Gasteiger partial charge in [0.05, 0.1) is 5.69 Å². The van der Waals surface area contributed by atoms with Crippen LogP contribution in [0.4, 0.5) is 10.6 Å². The summed E-state index contributed by atoms with van der Waals surface area (Å²) in [6.07, 6.45) is 2.60. The molecule has 1 aromatic heterocycles. The molecule has 1 saturated carbocycles. The molecule has 3 atom stereocenters. The standard InChI is InChI=1S/C22H29N7O2/c23-20-17-13-27(14-18(17)20)8-4-15-2-1-3-16(12-15)29-9-5-19(26-22(29)31)25-21(30)28-10-6-24-7-11-28/h1-3,5,9,12,17-18,20,24H,4,6-8,10-11,13-14,23H2,(H,25,26,30,31)/t17-,18+,20?. The lowest BCUT2D eigenvalue weighted by Crippen LogP contribution is -2.48. The van der Waals surface area contributed by atoms with Gasteiger partial charge in [-0.05, 0) is 42.0 Å². The maximum Gasteiger partial charge on any atom is 0.354 e. The first-order chi connectivity index (χ1) is 15.1. The number of nitrogens with two attached hydrogens (primary N) is 1. The van der Waals surface area contributed by atoms with Crippen molar-refractivity contribution in [1.29, 1.82) is 0 Å². The molecule has 9 heteroatoms. The largest absolute Gasteiger partial charge is 0.354 e. The van der Waals surface area contributed by atoms with Crippen molar-refractivity contribution in [2.24, 2.45) is 17.6 Å². The Morgan fingerprint density at radius 3 is 2.71 bits per heavy atom. The minimum atomic E-state index is -0.413. The van der Waals surface area contributed by atoms with Crippen molar-refractivity contribution in [2.45, 2.75) is 12.5 Å². The van der Waals surface area contributed by atoms with E-state index in [0.29, 0.717) is 31.0 Å². The predicted molar refractivity (Wildman–Crippen MR) is 118 cm³/mol. The topological polar surface area (TPSA) is 109 Å². The third-order valence-electron chi connectivity index (χ3n) is 6.68. The Kier molecular flexibility index (Phi) is 5.47. The number of nitrogens with zero attached hydrogens (tertiary/aromatic N) is 4. The summed E-state index contributed by atoms with van der Waals surface area (Å²) in [5.74, 6) is 1.66. The number of carbonyl (C=O) groups is 1. The molecule has 2 saturated heterocycles. The van der Waals surface area contributed by atoms with E-state index in [2.05, 4.69) is 26.6 Å². The summed E-state index contributed by atoms with van der Waals surface area (Å²) in [4.78, 5) is 33.2. The number of anilines is 1. The van der Waals surface area contributed by atoms with Crippen molar-refractivity contribution >= 4 is 11.8 Å². The Bertz CT molecular complexity index is 1000. The van der Waals surface area contributed by atoms with Crippen LogP contribution in [-0.4, -0.2) is 77.2 Å². The highest BCUT2D eigenvalue weighted by Crippen LogP contribution is 2.43. The fraction of sp³-hybridized carbons (Fsp3) is 0.500. The Balaban J connectivity index is 1.22. The van der Waals surface area contributed by atoms with Crippen molar-refractivity contribution in [2.75, 3.05) is 51.1 Å². The molecule has 164 valence electrons. The van der Waals surface area contributed by atoms with Gasteiger partial charge in [-0.2, -0.15) is 4.98 Å². The summed E-state index contributed by atoms with van der Waals surface area (Å²) >= 11 is 0. The van der Waals surface area contributed by atoms with Gasteiger partial charge in [0.25, 0.3) is 0 Å². The molecule has 0 bridgehead atoms. The zero-order chi connectivity index (χ0) is 21.4. The van der Waals surface area contributed by atoms with Crippen LogP contribution in [0, 0.1) is 11.8 Å². The van der Waals surface area contributed by atoms with E-state index in [4.69, 9.17) is 5.73 Å².